The van der Waals surface area contributed by atoms with E-state index in [1.54, 1.807) is 36.9 Å². The minimum atomic E-state index is -0.499. The van der Waals surface area contributed by atoms with E-state index in [9.17, 15) is 5.26 Å². The fraction of sp³-hybridized carbons (Fsp3) is 0.400. The molecule has 0 fully saturated rings. The molecule has 0 spiro atoms. The van der Waals surface area contributed by atoms with Crippen LogP contribution >= 0.6 is 34.7 Å². The number of hydrogen-bond acceptors (Lipinski definition) is 11. The SMILES string of the molecule is CCOCCOC(Sc1cc(Cl)ccc1C#N)[C@H](CN(N)/C=C(\N)c1csc(N)n1)OC. The summed E-state index contributed by atoms with van der Waals surface area (Å²) in [5.74, 6) is 6.16. The molecule has 0 aliphatic rings. The van der Waals surface area contributed by atoms with Gasteiger partial charge < -0.3 is 30.7 Å². The Morgan fingerprint density at radius 1 is 1.44 bits per heavy atom. The molecule has 0 bridgehead atoms. The predicted molar refractivity (Wildman–Crippen MR) is 129 cm³/mol. The summed E-state index contributed by atoms with van der Waals surface area (Å²) < 4.78 is 17.1. The van der Waals surface area contributed by atoms with Crippen LogP contribution in [-0.2, 0) is 14.2 Å². The van der Waals surface area contributed by atoms with Gasteiger partial charge in [-0.25, -0.2) is 10.8 Å². The number of nitrogen functional groups attached to an aromatic ring is 1. The van der Waals surface area contributed by atoms with Gasteiger partial charge in [0.25, 0.3) is 0 Å². The van der Waals surface area contributed by atoms with Crippen molar-refractivity contribution in [3.8, 4) is 6.07 Å². The predicted octanol–water partition coefficient (Wildman–Crippen LogP) is 2.87. The largest absolute Gasteiger partial charge is 0.396 e. The van der Waals surface area contributed by atoms with Crippen molar-refractivity contribution in [2.24, 2.45) is 11.6 Å². The van der Waals surface area contributed by atoms with Crippen LogP contribution in [0.4, 0.5) is 5.13 Å². The van der Waals surface area contributed by atoms with E-state index < -0.39 is 11.5 Å². The maximum absolute atomic E-state index is 9.46. The van der Waals surface area contributed by atoms with E-state index in [2.05, 4.69) is 11.1 Å². The molecular formula is C20H27ClN6O3S2. The van der Waals surface area contributed by atoms with Crippen molar-refractivity contribution in [2.75, 3.05) is 39.2 Å². The Kier molecular flexibility index (Phi) is 11.1. The van der Waals surface area contributed by atoms with E-state index in [0.717, 1.165) is 0 Å². The zero-order valence-corrected chi connectivity index (χ0v) is 20.3. The molecule has 2 atom stereocenters. The molecule has 0 aliphatic heterocycles. The molecular weight excluding hydrogens is 472 g/mol. The number of rotatable bonds is 13. The number of ether oxygens (including phenoxy) is 3. The quantitative estimate of drug-likeness (QED) is 0.124. The van der Waals surface area contributed by atoms with E-state index in [4.69, 9.17) is 43.1 Å². The second kappa shape index (κ2) is 13.5. The van der Waals surface area contributed by atoms with Crippen LogP contribution in [-0.4, -0.2) is 55.0 Å². The van der Waals surface area contributed by atoms with Gasteiger partial charge >= 0.3 is 0 Å². The lowest BCUT2D eigenvalue weighted by Crippen LogP contribution is -2.42. The average Bonchev–Trinajstić information content (AvgIpc) is 3.21. The van der Waals surface area contributed by atoms with Gasteiger partial charge in [0.05, 0.1) is 31.0 Å². The summed E-state index contributed by atoms with van der Waals surface area (Å²) in [6.07, 6.45) is 1.09. The Labute approximate surface area is 201 Å². The van der Waals surface area contributed by atoms with E-state index >= 15 is 0 Å². The molecule has 1 aromatic carbocycles. The van der Waals surface area contributed by atoms with E-state index in [-0.39, 0.29) is 6.54 Å². The highest BCUT2D eigenvalue weighted by Crippen LogP contribution is 2.32. The molecule has 0 saturated heterocycles. The van der Waals surface area contributed by atoms with Crippen molar-refractivity contribution >= 4 is 45.5 Å². The molecule has 2 rings (SSSR count). The Bertz CT molecular complexity index is 936. The zero-order chi connectivity index (χ0) is 23.5. The molecule has 32 heavy (non-hydrogen) atoms. The van der Waals surface area contributed by atoms with Gasteiger partial charge in [0.15, 0.2) is 5.13 Å². The molecule has 12 heteroatoms. The highest BCUT2D eigenvalue weighted by molar-refractivity contribution is 7.99. The van der Waals surface area contributed by atoms with Gasteiger partial charge in [-0.15, -0.1) is 11.3 Å². The lowest BCUT2D eigenvalue weighted by Gasteiger charge is -2.29. The molecule has 2 aromatic rings. The number of hydrogen-bond donors (Lipinski definition) is 3. The number of nitrogens with zero attached hydrogens (tertiary/aromatic N) is 3. The van der Waals surface area contributed by atoms with Crippen LogP contribution in [0.15, 0.2) is 34.7 Å². The zero-order valence-electron chi connectivity index (χ0n) is 17.9. The number of benzene rings is 1. The summed E-state index contributed by atoms with van der Waals surface area (Å²) in [5.41, 5.74) is 12.7. The number of nitriles is 1. The van der Waals surface area contributed by atoms with Crippen LogP contribution in [0.1, 0.15) is 18.2 Å². The Morgan fingerprint density at radius 2 is 2.22 bits per heavy atom. The standard InChI is InChI=1S/C20H27ClN6O3S2/c1-3-29-6-7-30-19(32-18-8-14(21)5-4-13(18)9-22)17(28-2)11-27(25)10-15(23)16-12-31-20(24)26-16/h4-5,8,10,12,17,19H,3,6-7,11,23,25H2,1-2H3,(H2,24,26)/b15-10-/t17-,19?/m0/s1. The van der Waals surface area contributed by atoms with Gasteiger partial charge in [-0.05, 0) is 25.1 Å². The van der Waals surface area contributed by atoms with E-state index in [1.165, 1.54) is 28.1 Å². The van der Waals surface area contributed by atoms with Crippen LogP contribution in [0.25, 0.3) is 5.70 Å². The Morgan fingerprint density at radius 3 is 2.84 bits per heavy atom. The maximum Gasteiger partial charge on any atom is 0.180 e. The van der Waals surface area contributed by atoms with Gasteiger partial charge in [0.1, 0.15) is 23.3 Å². The lowest BCUT2D eigenvalue weighted by molar-refractivity contribution is -0.0371. The van der Waals surface area contributed by atoms with E-state index in [0.29, 0.717) is 51.8 Å². The summed E-state index contributed by atoms with van der Waals surface area (Å²) in [6, 6.07) is 7.23. The number of methoxy groups -OCH3 is 1. The molecule has 0 saturated carbocycles. The van der Waals surface area contributed by atoms with Crippen molar-refractivity contribution in [3.63, 3.8) is 0 Å². The fourth-order valence-corrected chi connectivity index (χ4v) is 4.60. The third kappa shape index (κ3) is 8.14. The van der Waals surface area contributed by atoms with Crippen LogP contribution in [0.5, 0.6) is 0 Å². The lowest BCUT2D eigenvalue weighted by atomic mass is 10.2. The van der Waals surface area contributed by atoms with Crippen LogP contribution in [0.3, 0.4) is 0 Å². The second-order valence-electron chi connectivity index (χ2n) is 6.43. The number of aromatic nitrogens is 1. The van der Waals surface area contributed by atoms with Gasteiger partial charge in [-0.3, -0.25) is 0 Å². The second-order valence-corrected chi connectivity index (χ2v) is 8.90. The van der Waals surface area contributed by atoms with Crippen LogP contribution in [0.2, 0.25) is 5.02 Å². The number of thioether (sulfide) groups is 1. The first-order valence-electron chi connectivity index (χ1n) is 9.66. The normalized spacial score (nSPS) is 13.5. The number of halogens is 1. The first kappa shape index (κ1) is 26.2. The summed E-state index contributed by atoms with van der Waals surface area (Å²) in [6.45, 7) is 3.52. The maximum atomic E-state index is 9.46. The van der Waals surface area contributed by atoms with Gasteiger partial charge in [-0.2, -0.15) is 5.26 Å². The molecule has 1 heterocycles. The molecule has 1 aromatic heterocycles. The van der Waals surface area contributed by atoms with E-state index in [1.807, 2.05) is 6.92 Å². The van der Waals surface area contributed by atoms with Crippen LogP contribution < -0.4 is 17.3 Å². The number of anilines is 1. The number of hydrazine groups is 1. The molecule has 0 amide bonds. The summed E-state index contributed by atoms with van der Waals surface area (Å²) >= 11 is 8.76. The molecule has 9 nitrogen and oxygen atoms in total. The van der Waals surface area contributed by atoms with Crippen molar-refractivity contribution in [1.29, 1.82) is 5.26 Å². The molecule has 6 N–H and O–H groups in total. The monoisotopic (exact) mass is 498 g/mol. The number of thiazole rings is 1. The Hall–Kier alpha value is -2.04. The number of nitrogens with two attached hydrogens (primary N) is 3. The van der Waals surface area contributed by atoms with Crippen LogP contribution in [0, 0.1) is 11.3 Å². The van der Waals surface area contributed by atoms with Gasteiger partial charge in [0, 0.05) is 35.2 Å². The first-order valence-corrected chi connectivity index (χ1v) is 11.8. The minimum absolute atomic E-state index is 0.256. The third-order valence-corrected chi connectivity index (χ3v) is 6.31. The Balaban J connectivity index is 2.17. The van der Waals surface area contributed by atoms with Gasteiger partial charge in [-0.1, -0.05) is 23.4 Å². The summed E-state index contributed by atoms with van der Waals surface area (Å²) in [5, 5.41) is 13.6. The smallest absolute Gasteiger partial charge is 0.180 e. The summed E-state index contributed by atoms with van der Waals surface area (Å²) in [4.78, 5) is 4.82. The average molecular weight is 499 g/mol. The van der Waals surface area contributed by atoms with Crippen molar-refractivity contribution in [2.45, 2.75) is 23.4 Å². The topological polar surface area (TPSA) is 146 Å². The highest BCUT2D eigenvalue weighted by atomic mass is 35.5. The van der Waals surface area contributed by atoms with Crippen molar-refractivity contribution in [3.05, 3.63) is 46.1 Å². The minimum Gasteiger partial charge on any atom is -0.396 e. The fourth-order valence-electron chi connectivity index (χ4n) is 2.59. The highest BCUT2D eigenvalue weighted by Gasteiger charge is 2.26. The van der Waals surface area contributed by atoms with Gasteiger partial charge in [0.2, 0.25) is 0 Å². The summed E-state index contributed by atoms with van der Waals surface area (Å²) in [7, 11) is 1.56. The molecule has 0 aliphatic carbocycles. The van der Waals surface area contributed by atoms with Crippen molar-refractivity contribution < 1.29 is 14.2 Å². The molecule has 174 valence electrons. The molecule has 0 radical (unpaired) electrons. The first-order chi connectivity index (χ1) is 15.4. The third-order valence-electron chi connectivity index (χ3n) is 4.14. The molecule has 1 unspecified atom stereocenters. The van der Waals surface area contributed by atoms with Crippen molar-refractivity contribution in [1.82, 2.24) is 9.99 Å².